The summed E-state index contributed by atoms with van der Waals surface area (Å²) in [4.78, 5) is 11.0. The molecule has 2 rings (SSSR count). The third-order valence-electron chi connectivity index (χ3n) is 2.80. The average molecular weight is 463 g/mol. The number of carboxylic acid groups (broad SMARTS) is 1. The third-order valence-corrected chi connectivity index (χ3v) is 4.19. The number of methoxy groups -OCH3 is 1. The molecule has 2 aromatic carbocycles. The summed E-state index contributed by atoms with van der Waals surface area (Å²) in [6, 6.07) is 10.4. The van der Waals surface area contributed by atoms with Crippen molar-refractivity contribution in [3.63, 3.8) is 0 Å². The van der Waals surface area contributed by atoms with Gasteiger partial charge in [0.1, 0.15) is 18.1 Å². The molecule has 0 heterocycles. The summed E-state index contributed by atoms with van der Waals surface area (Å²) >= 11 is 5.52. The average Bonchev–Trinajstić information content (AvgIpc) is 2.46. The van der Waals surface area contributed by atoms with Crippen molar-refractivity contribution in [3.8, 4) is 11.5 Å². The van der Waals surface area contributed by atoms with Crippen LogP contribution in [0.3, 0.4) is 0 Å². The quantitative estimate of drug-likeness (QED) is 0.671. The molecule has 0 amide bonds. The molecule has 0 aliphatic rings. The monoisotopic (exact) mass is 462 g/mol. The Labute approximate surface area is 144 Å². The van der Waals surface area contributed by atoms with Crippen molar-refractivity contribution in [2.24, 2.45) is 0 Å². The molecule has 0 radical (unpaired) electrons. The van der Waals surface area contributed by atoms with E-state index in [1.807, 2.05) is 18.2 Å². The van der Waals surface area contributed by atoms with Gasteiger partial charge in [0.2, 0.25) is 0 Å². The van der Waals surface area contributed by atoms with Crippen LogP contribution in [0.2, 0.25) is 0 Å². The standard InChI is InChI=1S/C15H12BrIO4/c1-20-13-5-3-11(16)6-10(13)8-21-14-7-9(15(18)19)2-4-12(14)17/h2-7H,8H2,1H3,(H,18,19). The topological polar surface area (TPSA) is 55.8 Å². The predicted octanol–water partition coefficient (Wildman–Crippen LogP) is 4.34. The summed E-state index contributed by atoms with van der Waals surface area (Å²) in [5.41, 5.74) is 1.08. The molecule has 0 saturated carbocycles. The fourth-order valence-electron chi connectivity index (χ4n) is 1.76. The molecule has 0 aromatic heterocycles. The lowest BCUT2D eigenvalue weighted by atomic mass is 10.2. The Bertz CT molecular complexity index is 673. The summed E-state index contributed by atoms with van der Waals surface area (Å²) in [6.07, 6.45) is 0. The molecule has 1 N–H and O–H groups in total. The van der Waals surface area contributed by atoms with Crippen molar-refractivity contribution in [1.29, 1.82) is 0 Å². The zero-order valence-electron chi connectivity index (χ0n) is 11.1. The van der Waals surface area contributed by atoms with Gasteiger partial charge >= 0.3 is 5.97 Å². The van der Waals surface area contributed by atoms with E-state index in [1.165, 1.54) is 6.07 Å². The first kappa shape index (κ1) is 16.1. The number of carbonyl (C=O) groups is 1. The van der Waals surface area contributed by atoms with E-state index < -0.39 is 5.97 Å². The van der Waals surface area contributed by atoms with Gasteiger partial charge in [-0.1, -0.05) is 15.9 Å². The Kier molecular flexibility index (Phi) is 5.46. The second kappa shape index (κ2) is 7.13. The summed E-state index contributed by atoms with van der Waals surface area (Å²) in [5, 5.41) is 9.02. The molecule has 21 heavy (non-hydrogen) atoms. The Balaban J connectivity index is 2.22. The number of hydrogen-bond acceptors (Lipinski definition) is 3. The van der Waals surface area contributed by atoms with Crippen molar-refractivity contribution in [2.45, 2.75) is 6.61 Å². The molecular weight excluding hydrogens is 451 g/mol. The normalized spacial score (nSPS) is 10.2. The molecule has 0 aliphatic heterocycles. The molecule has 110 valence electrons. The Morgan fingerprint density at radius 3 is 2.67 bits per heavy atom. The number of carboxylic acids is 1. The summed E-state index contributed by atoms with van der Waals surface area (Å²) in [7, 11) is 1.60. The minimum absolute atomic E-state index is 0.201. The molecular formula is C15H12BrIO4. The van der Waals surface area contributed by atoms with Crippen LogP contribution >= 0.6 is 38.5 Å². The van der Waals surface area contributed by atoms with Gasteiger partial charge in [-0.2, -0.15) is 0 Å². The van der Waals surface area contributed by atoms with Crippen molar-refractivity contribution in [2.75, 3.05) is 7.11 Å². The summed E-state index contributed by atoms with van der Waals surface area (Å²) in [6.45, 7) is 0.293. The summed E-state index contributed by atoms with van der Waals surface area (Å²) in [5.74, 6) is 0.288. The van der Waals surface area contributed by atoms with Gasteiger partial charge in [-0.25, -0.2) is 4.79 Å². The largest absolute Gasteiger partial charge is 0.496 e. The lowest BCUT2D eigenvalue weighted by Gasteiger charge is -2.12. The SMILES string of the molecule is COc1ccc(Br)cc1COc1cc(C(=O)O)ccc1I. The maximum Gasteiger partial charge on any atom is 0.335 e. The van der Waals surface area contributed by atoms with Crippen LogP contribution in [0, 0.1) is 3.57 Å². The van der Waals surface area contributed by atoms with Crippen LogP contribution < -0.4 is 9.47 Å². The van der Waals surface area contributed by atoms with Crippen LogP contribution in [-0.2, 0) is 6.61 Å². The van der Waals surface area contributed by atoms with Crippen LogP contribution in [0.1, 0.15) is 15.9 Å². The molecule has 6 heteroatoms. The van der Waals surface area contributed by atoms with Gasteiger partial charge in [0.25, 0.3) is 0 Å². The second-order valence-corrected chi connectivity index (χ2v) is 6.27. The molecule has 0 bridgehead atoms. The van der Waals surface area contributed by atoms with Crippen LogP contribution in [-0.4, -0.2) is 18.2 Å². The zero-order valence-corrected chi connectivity index (χ0v) is 14.8. The van der Waals surface area contributed by atoms with Crippen LogP contribution in [0.4, 0.5) is 0 Å². The Hall–Kier alpha value is -1.28. The second-order valence-electron chi connectivity index (χ2n) is 4.20. The predicted molar refractivity (Wildman–Crippen MR) is 91.1 cm³/mol. The van der Waals surface area contributed by atoms with Gasteiger partial charge in [-0.05, 0) is 59.0 Å². The van der Waals surface area contributed by atoms with E-state index in [2.05, 4.69) is 38.5 Å². The van der Waals surface area contributed by atoms with Crippen molar-refractivity contribution >= 4 is 44.5 Å². The minimum atomic E-state index is -0.976. The summed E-state index contributed by atoms with van der Waals surface area (Å²) < 4.78 is 12.8. The van der Waals surface area contributed by atoms with E-state index in [0.29, 0.717) is 12.4 Å². The first-order valence-corrected chi connectivity index (χ1v) is 7.86. The minimum Gasteiger partial charge on any atom is -0.496 e. The van der Waals surface area contributed by atoms with E-state index in [-0.39, 0.29) is 5.56 Å². The van der Waals surface area contributed by atoms with Gasteiger partial charge in [0.15, 0.2) is 0 Å². The first-order chi connectivity index (χ1) is 10.0. The number of rotatable bonds is 5. The molecule has 0 saturated heterocycles. The highest BCUT2D eigenvalue weighted by Gasteiger charge is 2.10. The van der Waals surface area contributed by atoms with E-state index in [1.54, 1.807) is 19.2 Å². The van der Waals surface area contributed by atoms with Gasteiger partial charge in [0.05, 0.1) is 16.2 Å². The highest BCUT2D eigenvalue weighted by Crippen LogP contribution is 2.27. The lowest BCUT2D eigenvalue weighted by Crippen LogP contribution is -2.02. The van der Waals surface area contributed by atoms with Crippen LogP contribution in [0.5, 0.6) is 11.5 Å². The zero-order chi connectivity index (χ0) is 15.4. The van der Waals surface area contributed by atoms with E-state index in [9.17, 15) is 4.79 Å². The first-order valence-electron chi connectivity index (χ1n) is 5.99. The Morgan fingerprint density at radius 1 is 1.24 bits per heavy atom. The molecule has 4 nitrogen and oxygen atoms in total. The number of hydrogen-bond donors (Lipinski definition) is 1. The maximum absolute atomic E-state index is 11.0. The molecule has 0 spiro atoms. The van der Waals surface area contributed by atoms with Crippen molar-refractivity contribution in [3.05, 3.63) is 55.6 Å². The van der Waals surface area contributed by atoms with Gasteiger partial charge in [-0.15, -0.1) is 0 Å². The van der Waals surface area contributed by atoms with Gasteiger partial charge in [-0.3, -0.25) is 0 Å². The van der Waals surface area contributed by atoms with E-state index >= 15 is 0 Å². The van der Waals surface area contributed by atoms with Gasteiger partial charge in [0, 0.05) is 10.0 Å². The van der Waals surface area contributed by atoms with Gasteiger partial charge < -0.3 is 14.6 Å². The molecule has 0 unspecified atom stereocenters. The third kappa shape index (κ3) is 4.10. The van der Waals surface area contributed by atoms with Crippen LogP contribution in [0.25, 0.3) is 0 Å². The fourth-order valence-corrected chi connectivity index (χ4v) is 2.66. The fraction of sp³-hybridized carbons (Fsp3) is 0.133. The van der Waals surface area contributed by atoms with Crippen LogP contribution in [0.15, 0.2) is 40.9 Å². The lowest BCUT2D eigenvalue weighted by molar-refractivity contribution is 0.0696. The highest BCUT2D eigenvalue weighted by atomic mass is 127. The number of aromatic carboxylic acids is 1. The number of halogens is 2. The van der Waals surface area contributed by atoms with E-state index in [0.717, 1.165) is 19.4 Å². The molecule has 0 fully saturated rings. The van der Waals surface area contributed by atoms with Crippen molar-refractivity contribution in [1.82, 2.24) is 0 Å². The molecule has 2 aromatic rings. The molecule has 0 aliphatic carbocycles. The highest BCUT2D eigenvalue weighted by molar-refractivity contribution is 14.1. The maximum atomic E-state index is 11.0. The smallest absolute Gasteiger partial charge is 0.335 e. The Morgan fingerprint density at radius 2 is 2.00 bits per heavy atom. The molecule has 0 atom stereocenters. The number of benzene rings is 2. The number of ether oxygens (including phenoxy) is 2. The van der Waals surface area contributed by atoms with Crippen molar-refractivity contribution < 1.29 is 19.4 Å². The van der Waals surface area contributed by atoms with E-state index in [4.69, 9.17) is 14.6 Å².